The maximum Gasteiger partial charge on any atom is 0.278 e. The highest BCUT2D eigenvalue weighted by Gasteiger charge is 2.34. The van der Waals surface area contributed by atoms with Crippen molar-refractivity contribution < 1.29 is 18.7 Å². The quantitative estimate of drug-likeness (QED) is 0.242. The summed E-state index contributed by atoms with van der Waals surface area (Å²) < 4.78 is 23.2. The van der Waals surface area contributed by atoms with Crippen LogP contribution in [0.4, 0.5) is 4.39 Å². The smallest absolute Gasteiger partial charge is 0.278 e. The molecule has 0 radical (unpaired) electrons. The average molecular weight is 691 g/mol. The molecule has 2 atom stereocenters. The number of hydrogen-bond donors (Lipinski definition) is 1. The molecule has 1 aliphatic rings. The summed E-state index contributed by atoms with van der Waals surface area (Å²) in [6.07, 6.45) is 7.52. The molecule has 242 valence electrons. The molecule has 1 N–H and O–H groups in total. The van der Waals surface area contributed by atoms with Crippen LogP contribution in [0, 0.1) is 5.82 Å². The van der Waals surface area contributed by atoms with E-state index in [2.05, 4.69) is 46.7 Å². The molecule has 0 unspecified atom stereocenters. The van der Waals surface area contributed by atoms with Gasteiger partial charge < -0.3 is 19.4 Å². The van der Waals surface area contributed by atoms with Crippen LogP contribution in [0.1, 0.15) is 29.9 Å². The van der Waals surface area contributed by atoms with E-state index in [-0.39, 0.29) is 35.4 Å². The number of H-pyrrole nitrogens is 1. The number of nitrogens with zero attached hydrogens (tertiary/aromatic N) is 8. The zero-order valence-corrected chi connectivity index (χ0v) is 27.6. The van der Waals surface area contributed by atoms with Crippen LogP contribution >= 0.6 is 34.8 Å². The Kier molecular flexibility index (Phi) is 12.4. The zero-order chi connectivity index (χ0) is 33.2. The molecule has 4 aromatic heterocycles. The van der Waals surface area contributed by atoms with Crippen molar-refractivity contribution in [3.63, 3.8) is 0 Å². The Morgan fingerprint density at radius 3 is 2.09 bits per heavy atom. The number of piperazine rings is 1. The zero-order valence-electron chi connectivity index (χ0n) is 25.4. The van der Waals surface area contributed by atoms with E-state index in [1.54, 1.807) is 24.4 Å². The minimum absolute atomic E-state index is 0.00687. The molecule has 12 nitrogen and oxygen atoms in total. The van der Waals surface area contributed by atoms with Crippen molar-refractivity contribution in [3.05, 3.63) is 93.8 Å². The lowest BCUT2D eigenvalue weighted by molar-refractivity contribution is 0.0283. The molecule has 16 heteroatoms. The lowest BCUT2D eigenvalue weighted by Crippen LogP contribution is -2.57. The monoisotopic (exact) mass is 689 g/mol. The molecule has 5 heterocycles. The van der Waals surface area contributed by atoms with Gasteiger partial charge in [-0.2, -0.15) is 9.97 Å². The number of aromatic amines is 1. The molecule has 0 spiro atoms. The number of amides is 1. The van der Waals surface area contributed by atoms with E-state index in [0.717, 1.165) is 5.56 Å². The molecule has 1 aromatic carbocycles. The fourth-order valence-electron chi connectivity index (χ4n) is 4.54. The van der Waals surface area contributed by atoms with Gasteiger partial charge in [0.2, 0.25) is 11.8 Å². The Morgan fingerprint density at radius 1 is 0.870 bits per heavy atom. The SMILES string of the molecule is COc1cncc(Cl)n1.COc1nc2[nH]ccc2nc1C(=O)N1C[C@H](C)N(Cc2ccc(F)cc2)C[C@H]1C.Clc1cncc(Cl)n1. The first-order chi connectivity index (χ1) is 22.1. The van der Waals surface area contributed by atoms with E-state index in [9.17, 15) is 9.18 Å². The summed E-state index contributed by atoms with van der Waals surface area (Å²) >= 11 is 16.2. The Hall–Kier alpha value is -4.17. The number of fused-ring (bicyclic) bond motifs is 1. The highest BCUT2D eigenvalue weighted by molar-refractivity contribution is 6.32. The number of hydrogen-bond acceptors (Lipinski definition) is 10. The van der Waals surface area contributed by atoms with Gasteiger partial charge in [-0.05, 0) is 37.6 Å². The van der Waals surface area contributed by atoms with Gasteiger partial charge in [-0.3, -0.25) is 19.7 Å². The largest absolute Gasteiger partial charge is 0.480 e. The second-order valence-electron chi connectivity index (χ2n) is 10.1. The number of halogens is 4. The molecule has 1 saturated heterocycles. The van der Waals surface area contributed by atoms with Gasteiger partial charge in [0.25, 0.3) is 5.91 Å². The Bertz CT molecular complexity index is 1730. The van der Waals surface area contributed by atoms with E-state index >= 15 is 0 Å². The Balaban J connectivity index is 0.000000229. The van der Waals surface area contributed by atoms with Gasteiger partial charge in [0.15, 0.2) is 16.5 Å². The van der Waals surface area contributed by atoms with Gasteiger partial charge in [0, 0.05) is 37.9 Å². The normalized spacial score (nSPS) is 16.1. The molecule has 5 aromatic rings. The van der Waals surface area contributed by atoms with Crippen LogP contribution in [-0.4, -0.2) is 90.0 Å². The molecule has 0 saturated carbocycles. The van der Waals surface area contributed by atoms with Crippen LogP contribution in [0.15, 0.2) is 61.3 Å². The van der Waals surface area contributed by atoms with Crippen molar-refractivity contribution in [1.82, 2.24) is 44.7 Å². The van der Waals surface area contributed by atoms with Crippen molar-refractivity contribution in [2.45, 2.75) is 32.5 Å². The molecule has 1 amide bonds. The van der Waals surface area contributed by atoms with Crippen molar-refractivity contribution >= 4 is 51.9 Å². The summed E-state index contributed by atoms with van der Waals surface area (Å²) in [5, 5.41) is 0.976. The van der Waals surface area contributed by atoms with E-state index in [1.165, 1.54) is 51.1 Å². The van der Waals surface area contributed by atoms with E-state index < -0.39 is 0 Å². The van der Waals surface area contributed by atoms with Crippen molar-refractivity contribution in [1.29, 1.82) is 0 Å². The van der Waals surface area contributed by atoms with Gasteiger partial charge in [0.05, 0.1) is 39.0 Å². The maximum absolute atomic E-state index is 13.3. The summed E-state index contributed by atoms with van der Waals surface area (Å²) in [5.74, 6) is 0.235. The fourth-order valence-corrected chi connectivity index (χ4v) is 5.02. The topological polar surface area (TPSA) is 135 Å². The molecular weight excluding hydrogens is 660 g/mol. The van der Waals surface area contributed by atoms with Crippen LogP contribution in [0.5, 0.6) is 11.8 Å². The first kappa shape index (κ1) is 34.7. The Morgan fingerprint density at radius 2 is 1.52 bits per heavy atom. The molecule has 0 aliphatic carbocycles. The van der Waals surface area contributed by atoms with Gasteiger partial charge in [0.1, 0.15) is 21.6 Å². The van der Waals surface area contributed by atoms with Gasteiger partial charge in [-0.15, -0.1) is 0 Å². The summed E-state index contributed by atoms with van der Waals surface area (Å²) in [6, 6.07) is 8.48. The third-order valence-electron chi connectivity index (χ3n) is 6.79. The predicted molar refractivity (Wildman–Crippen MR) is 173 cm³/mol. The molecule has 0 bridgehead atoms. The number of nitrogens with one attached hydrogen (secondary N) is 1. The number of carbonyl (C=O) groups is 1. The highest BCUT2D eigenvalue weighted by atomic mass is 35.5. The summed E-state index contributed by atoms with van der Waals surface area (Å²) in [5.41, 5.74) is 2.50. The maximum atomic E-state index is 13.3. The molecule has 46 heavy (non-hydrogen) atoms. The van der Waals surface area contributed by atoms with Gasteiger partial charge >= 0.3 is 0 Å². The minimum atomic E-state index is -0.236. The minimum Gasteiger partial charge on any atom is -0.480 e. The number of benzene rings is 1. The second kappa shape index (κ2) is 16.4. The lowest BCUT2D eigenvalue weighted by atomic mass is 10.1. The molecule has 1 fully saturated rings. The van der Waals surface area contributed by atoms with Crippen molar-refractivity contribution in [2.75, 3.05) is 27.3 Å². The number of methoxy groups -OCH3 is 2. The summed E-state index contributed by atoms with van der Waals surface area (Å²) in [4.78, 5) is 44.0. The van der Waals surface area contributed by atoms with Crippen molar-refractivity contribution in [2.24, 2.45) is 0 Å². The first-order valence-corrected chi connectivity index (χ1v) is 15.0. The number of ether oxygens (including phenoxy) is 2. The van der Waals surface area contributed by atoms with Crippen LogP contribution in [0.25, 0.3) is 11.2 Å². The highest BCUT2D eigenvalue weighted by Crippen LogP contribution is 2.24. The molecule has 6 rings (SSSR count). The third-order valence-corrected chi connectivity index (χ3v) is 7.34. The lowest BCUT2D eigenvalue weighted by Gasteiger charge is -2.44. The standard InChI is InChI=1S/C21H24FN5O2.C5H5ClN2O.C4H2Cl2N2/c1-13-11-27(14(2)10-26(13)12-15-4-6-16(22)7-5-15)21(28)18-20(29-3)25-19-17(24-18)8-9-23-19;1-9-5-3-7-2-4(6)8-5;5-3-1-7-2-4(6)8-3/h4-9,13-14H,10-12H2,1-3H3,(H,23,25);2-3H,1H3;1-2H/t13-,14+;;/m0../s1. The van der Waals surface area contributed by atoms with Crippen LogP contribution < -0.4 is 9.47 Å². The average Bonchev–Trinajstić information content (AvgIpc) is 3.51. The van der Waals surface area contributed by atoms with Crippen LogP contribution in [0.2, 0.25) is 15.5 Å². The summed E-state index contributed by atoms with van der Waals surface area (Å²) in [7, 11) is 3.00. The third kappa shape index (κ3) is 9.42. The van der Waals surface area contributed by atoms with E-state index in [1.807, 2.05) is 11.8 Å². The first-order valence-electron chi connectivity index (χ1n) is 13.9. The van der Waals surface area contributed by atoms with E-state index in [0.29, 0.717) is 52.1 Å². The van der Waals surface area contributed by atoms with Gasteiger partial charge in [-0.25, -0.2) is 14.4 Å². The van der Waals surface area contributed by atoms with Crippen LogP contribution in [0.3, 0.4) is 0 Å². The molecular formula is C30H31Cl3FN9O3. The van der Waals surface area contributed by atoms with Crippen molar-refractivity contribution in [3.8, 4) is 11.8 Å². The summed E-state index contributed by atoms with van der Waals surface area (Å²) in [6.45, 7) is 6.11. The predicted octanol–water partition coefficient (Wildman–Crippen LogP) is 5.76. The fraction of sp³-hybridized carbons (Fsp3) is 0.300. The second-order valence-corrected chi connectivity index (χ2v) is 11.2. The van der Waals surface area contributed by atoms with E-state index in [4.69, 9.17) is 44.3 Å². The van der Waals surface area contributed by atoms with Gasteiger partial charge in [-0.1, -0.05) is 46.9 Å². The molecule has 1 aliphatic heterocycles. The number of rotatable bonds is 5. The van der Waals surface area contributed by atoms with Crippen LogP contribution in [-0.2, 0) is 6.54 Å². The number of carbonyl (C=O) groups excluding carboxylic acids is 1. The Labute approximate surface area is 279 Å². The number of aromatic nitrogens is 7.